The van der Waals surface area contributed by atoms with Gasteiger partial charge in [-0.15, -0.1) is 90.7 Å². The molecule has 0 aliphatic carbocycles. The summed E-state index contributed by atoms with van der Waals surface area (Å²) in [4.78, 5) is 9.15. The van der Waals surface area contributed by atoms with Crippen molar-refractivity contribution in [1.82, 2.24) is 0 Å². The first kappa shape index (κ1) is 40.1. The highest BCUT2D eigenvalue weighted by Crippen LogP contribution is 2.51. The van der Waals surface area contributed by atoms with Gasteiger partial charge < -0.3 is 0 Å². The molecule has 0 fully saturated rings. The fraction of sp³-hybridized carbons (Fsp3) is 0.174. The molecular formula is C46H32N4S8. The molecule has 0 radical (unpaired) electrons. The molecule has 0 amide bonds. The van der Waals surface area contributed by atoms with Crippen molar-refractivity contribution in [2.75, 3.05) is 0 Å². The lowest BCUT2D eigenvalue weighted by Gasteiger charge is -2.12. The molecule has 8 aromatic heterocycles. The Morgan fingerprint density at radius 3 is 1.60 bits per heavy atom. The van der Waals surface area contributed by atoms with Crippen LogP contribution in [0.5, 0.6) is 0 Å². The standard InChI is InChI=1S/C46H32N4S8/c1-3-5-6-27(4-2)19-34-22-35-44(42-13-9-32(53-42)20-30-7-11-38(51-30)40-17-15-36(56-40)28(23-47)24-48)58-46(45(35)55-34)43-14-10-33(54-43)21-31-8-12-39(52-31)41-18-16-37(57-41)29(25-49)26-50/h7-18,20-22,27H,3-6,19H2,1-2H3/b30-20-,31-21-,40-38+,41-39+. The van der Waals surface area contributed by atoms with Gasteiger partial charge in [0.15, 0.2) is 0 Å². The van der Waals surface area contributed by atoms with Crippen molar-refractivity contribution in [2.24, 2.45) is 5.92 Å². The Hall–Kier alpha value is -4.70. The molecule has 0 aromatic carbocycles. The van der Waals surface area contributed by atoms with Gasteiger partial charge >= 0.3 is 0 Å². The molecule has 0 N–H and O–H groups in total. The Morgan fingerprint density at radius 1 is 0.569 bits per heavy atom. The van der Waals surface area contributed by atoms with Crippen LogP contribution in [0.15, 0.2) is 78.9 Å². The third-order valence-electron chi connectivity index (χ3n) is 9.63. The molecule has 0 spiro atoms. The second-order valence-corrected chi connectivity index (χ2v) is 22.2. The Morgan fingerprint density at radius 2 is 1.09 bits per heavy atom. The molecule has 0 aliphatic heterocycles. The highest BCUT2D eigenvalue weighted by atomic mass is 32.1. The average Bonchev–Trinajstić information content (AvgIpc) is 4.08. The fourth-order valence-electron chi connectivity index (χ4n) is 6.65. The van der Waals surface area contributed by atoms with Crippen molar-refractivity contribution in [3.05, 3.63) is 130 Å². The van der Waals surface area contributed by atoms with Gasteiger partial charge in [0, 0.05) is 57.0 Å². The van der Waals surface area contributed by atoms with Crippen LogP contribution < -0.4 is 18.1 Å². The lowest BCUT2D eigenvalue weighted by molar-refractivity contribution is 0.452. The quantitative estimate of drug-likeness (QED) is 0.137. The number of nitriles is 4. The van der Waals surface area contributed by atoms with E-state index < -0.39 is 0 Å². The molecule has 8 aromatic rings. The van der Waals surface area contributed by atoms with Gasteiger partial charge in [0.1, 0.15) is 35.4 Å². The number of hydrogen-bond acceptors (Lipinski definition) is 12. The van der Waals surface area contributed by atoms with Crippen molar-refractivity contribution < 1.29 is 0 Å². The maximum atomic E-state index is 9.29. The Labute approximate surface area is 367 Å². The summed E-state index contributed by atoms with van der Waals surface area (Å²) in [6.45, 7) is 4.61. The fourth-order valence-corrected chi connectivity index (χ4v) is 15.7. The van der Waals surface area contributed by atoms with Crippen LogP contribution in [0.4, 0.5) is 0 Å². The average molecular weight is 897 g/mol. The van der Waals surface area contributed by atoms with Crippen LogP contribution in [-0.2, 0) is 6.42 Å². The van der Waals surface area contributed by atoms with Crippen LogP contribution in [0.25, 0.3) is 52.9 Å². The summed E-state index contributed by atoms with van der Waals surface area (Å²) < 4.78 is 9.51. The molecule has 0 aliphatic rings. The summed E-state index contributed by atoms with van der Waals surface area (Å²) in [7, 11) is 0. The van der Waals surface area contributed by atoms with Crippen molar-refractivity contribution in [3.63, 3.8) is 0 Å². The molecule has 0 bridgehead atoms. The molecule has 12 heteroatoms. The molecule has 4 nitrogen and oxygen atoms in total. The van der Waals surface area contributed by atoms with Crippen LogP contribution in [0.1, 0.15) is 54.2 Å². The monoisotopic (exact) mass is 896 g/mol. The van der Waals surface area contributed by atoms with Gasteiger partial charge in [-0.3, -0.25) is 0 Å². The van der Waals surface area contributed by atoms with Crippen molar-refractivity contribution in [1.29, 1.82) is 21.0 Å². The topological polar surface area (TPSA) is 95.2 Å². The van der Waals surface area contributed by atoms with Gasteiger partial charge in [-0.25, -0.2) is 0 Å². The summed E-state index contributed by atoms with van der Waals surface area (Å²) in [5, 5.41) is 38.5. The molecule has 8 rings (SSSR count). The van der Waals surface area contributed by atoms with E-state index >= 15 is 0 Å². The Bertz CT molecular complexity index is 3190. The number of rotatable bonds is 10. The van der Waals surface area contributed by atoms with Crippen LogP contribution in [0, 0.1) is 69.4 Å². The molecule has 284 valence electrons. The minimum atomic E-state index is 0.154. The molecular weight excluding hydrogens is 865 g/mol. The van der Waals surface area contributed by atoms with E-state index in [1.165, 1.54) is 102 Å². The van der Waals surface area contributed by atoms with Gasteiger partial charge in [-0.1, -0.05) is 39.5 Å². The van der Waals surface area contributed by atoms with Crippen LogP contribution in [-0.4, -0.2) is 0 Å². The third kappa shape index (κ3) is 8.54. The number of nitrogens with zero attached hydrogens (tertiary/aromatic N) is 4. The van der Waals surface area contributed by atoms with E-state index in [1.807, 2.05) is 93.9 Å². The first-order valence-corrected chi connectivity index (χ1v) is 25.1. The molecule has 58 heavy (non-hydrogen) atoms. The zero-order chi connectivity index (χ0) is 40.2. The third-order valence-corrected chi connectivity index (χ3v) is 19.2. The van der Waals surface area contributed by atoms with E-state index in [0.717, 1.165) is 24.6 Å². The second kappa shape index (κ2) is 18.1. The highest BCUT2D eigenvalue weighted by molar-refractivity contribution is 7.32. The predicted molar refractivity (Wildman–Crippen MR) is 251 cm³/mol. The van der Waals surface area contributed by atoms with Gasteiger partial charge in [-0.05, 0) is 103 Å². The number of thiophene rings is 8. The second-order valence-electron chi connectivity index (χ2n) is 13.5. The van der Waals surface area contributed by atoms with E-state index in [0.29, 0.717) is 15.0 Å². The lowest BCUT2D eigenvalue weighted by atomic mass is 9.95. The van der Waals surface area contributed by atoms with Crippen molar-refractivity contribution >= 4 is 124 Å². The molecule has 8 heterocycles. The normalized spacial score (nSPS) is 13.6. The molecule has 1 atom stereocenters. The van der Waals surface area contributed by atoms with Crippen molar-refractivity contribution in [3.8, 4) is 43.8 Å². The highest BCUT2D eigenvalue weighted by Gasteiger charge is 2.21. The summed E-state index contributed by atoms with van der Waals surface area (Å²) in [5.41, 5.74) is 0.307. The largest absolute Gasteiger partial charge is 0.192 e. The number of hydrogen-bond donors (Lipinski definition) is 0. The maximum absolute atomic E-state index is 9.29. The SMILES string of the molecule is CCCCC(CC)Cc1cc2c(-c3ccc(/C=c4/cc/c(=c5/ccc(=C(C#N)C#N)s5)s4)s3)sc(-c3ccc(/C=c4/cc/c(=c5/ccc(=C(C#N)C#N)s5)s4)s3)c2s1. The van der Waals surface area contributed by atoms with E-state index in [2.05, 4.69) is 80.6 Å². The summed E-state index contributed by atoms with van der Waals surface area (Å²) >= 11 is 14.0. The smallest absolute Gasteiger partial charge is 0.146 e. The van der Waals surface area contributed by atoms with E-state index in [-0.39, 0.29) is 11.1 Å². The zero-order valence-electron chi connectivity index (χ0n) is 31.3. The van der Waals surface area contributed by atoms with Crippen LogP contribution >= 0.6 is 90.7 Å². The predicted octanol–water partition coefficient (Wildman–Crippen LogP) is 12.1. The summed E-state index contributed by atoms with van der Waals surface area (Å²) in [6, 6.07) is 35.7. The van der Waals surface area contributed by atoms with Crippen LogP contribution in [0.2, 0.25) is 0 Å². The molecule has 0 saturated heterocycles. The lowest BCUT2D eigenvalue weighted by Crippen LogP contribution is -2.01. The Kier molecular flexibility index (Phi) is 12.5. The summed E-state index contributed by atoms with van der Waals surface area (Å²) in [6.07, 6.45) is 10.6. The van der Waals surface area contributed by atoms with Gasteiger partial charge in [0.25, 0.3) is 0 Å². The number of unbranched alkanes of at least 4 members (excludes halogenated alkanes) is 1. The zero-order valence-corrected chi connectivity index (χ0v) is 37.9. The Balaban J connectivity index is 1.15. The first-order valence-electron chi connectivity index (χ1n) is 18.6. The van der Waals surface area contributed by atoms with Gasteiger partial charge in [0.05, 0.1) is 23.5 Å². The van der Waals surface area contributed by atoms with E-state index in [1.54, 1.807) is 22.7 Å². The minimum Gasteiger partial charge on any atom is -0.192 e. The first-order chi connectivity index (χ1) is 28.4. The number of fused-ring (bicyclic) bond motifs is 1. The maximum Gasteiger partial charge on any atom is 0.146 e. The van der Waals surface area contributed by atoms with E-state index in [9.17, 15) is 21.0 Å². The van der Waals surface area contributed by atoms with E-state index in [4.69, 9.17) is 0 Å². The van der Waals surface area contributed by atoms with Crippen LogP contribution in [0.3, 0.4) is 0 Å². The molecule has 0 saturated carbocycles. The van der Waals surface area contributed by atoms with Gasteiger partial charge in [0.2, 0.25) is 0 Å². The van der Waals surface area contributed by atoms with Crippen molar-refractivity contribution in [2.45, 2.75) is 46.0 Å². The minimum absolute atomic E-state index is 0.154. The van der Waals surface area contributed by atoms with Gasteiger partial charge in [-0.2, -0.15) is 21.0 Å². The molecule has 1 unspecified atom stereocenters. The summed E-state index contributed by atoms with van der Waals surface area (Å²) in [5.74, 6) is 0.702.